The Bertz CT molecular complexity index is 618. The number of nitrogens with zero attached hydrogens (tertiary/aromatic N) is 5. The molecule has 0 radical (unpaired) electrons. The normalized spacial score (nSPS) is 16.2. The number of rotatable bonds is 4. The summed E-state index contributed by atoms with van der Waals surface area (Å²) in [5.74, 6) is 1.42. The molecule has 0 amide bonds. The number of aliphatic hydroxyl groups excluding tert-OH is 1. The maximum atomic E-state index is 9.10. The summed E-state index contributed by atoms with van der Waals surface area (Å²) in [7, 11) is 0. The van der Waals surface area contributed by atoms with Gasteiger partial charge in [0, 0.05) is 37.0 Å². The van der Waals surface area contributed by atoms with Crippen molar-refractivity contribution in [3.8, 4) is 0 Å². The average molecular weight is 323 g/mol. The maximum Gasteiger partial charge on any atom is 0.223 e. The van der Waals surface area contributed by atoms with Gasteiger partial charge in [-0.05, 0) is 18.9 Å². The summed E-state index contributed by atoms with van der Waals surface area (Å²) >= 11 is 5.94. The van der Waals surface area contributed by atoms with Gasteiger partial charge in [0.05, 0.1) is 13.2 Å². The molecule has 0 aromatic carbocycles. The molecule has 2 aromatic heterocycles. The van der Waals surface area contributed by atoms with Crippen LogP contribution in [0.15, 0.2) is 18.3 Å². The number of piperidine rings is 1. The van der Waals surface area contributed by atoms with E-state index in [0.717, 1.165) is 31.7 Å². The number of hydrogen-bond donors (Lipinski definition) is 2. The van der Waals surface area contributed by atoms with Crippen molar-refractivity contribution in [2.75, 3.05) is 30.3 Å². The Morgan fingerprint density at radius 3 is 2.77 bits per heavy atom. The maximum absolute atomic E-state index is 9.10. The number of anilines is 2. The summed E-state index contributed by atoms with van der Waals surface area (Å²) < 4.78 is 1.89. The largest absolute Gasteiger partial charge is 0.394 e. The molecular weight excluding hydrogens is 304 g/mol. The quantitative estimate of drug-likeness (QED) is 0.824. The van der Waals surface area contributed by atoms with Crippen LogP contribution in [0.25, 0.3) is 0 Å². The lowest BCUT2D eigenvalue weighted by Crippen LogP contribution is -2.34. The third kappa shape index (κ3) is 3.15. The molecule has 22 heavy (non-hydrogen) atoms. The van der Waals surface area contributed by atoms with E-state index in [9.17, 15) is 0 Å². The third-order valence-electron chi connectivity index (χ3n) is 4.00. The second-order valence-corrected chi connectivity index (χ2v) is 5.76. The minimum absolute atomic E-state index is 0.103. The minimum atomic E-state index is 0.103. The van der Waals surface area contributed by atoms with Crippen LogP contribution in [0.3, 0.4) is 0 Å². The molecule has 3 rings (SSSR count). The van der Waals surface area contributed by atoms with Gasteiger partial charge < -0.3 is 15.7 Å². The summed E-state index contributed by atoms with van der Waals surface area (Å²) in [4.78, 5) is 10.3. The van der Waals surface area contributed by atoms with Gasteiger partial charge in [0.1, 0.15) is 11.0 Å². The molecule has 3 N–H and O–H groups in total. The monoisotopic (exact) mass is 322 g/mol. The summed E-state index contributed by atoms with van der Waals surface area (Å²) in [6, 6.07) is 3.78. The van der Waals surface area contributed by atoms with E-state index >= 15 is 0 Å². The molecule has 7 nitrogen and oxygen atoms in total. The lowest BCUT2D eigenvalue weighted by molar-refractivity contribution is 0.265. The molecule has 0 atom stereocenters. The standard InChI is InChI=1S/C14H19ClN6O/c15-12-9-13(19-14(16)18-12)20-5-2-10(3-6-20)11-1-4-17-21(11)7-8-22/h1,4,9-10,22H,2-3,5-8H2,(H2,16,18,19). The smallest absolute Gasteiger partial charge is 0.223 e. The molecule has 1 fully saturated rings. The van der Waals surface area contributed by atoms with Crippen LogP contribution in [0.2, 0.25) is 5.15 Å². The van der Waals surface area contributed by atoms with E-state index in [1.54, 1.807) is 12.3 Å². The first-order valence-electron chi connectivity index (χ1n) is 7.35. The van der Waals surface area contributed by atoms with Gasteiger partial charge in [-0.15, -0.1) is 0 Å². The van der Waals surface area contributed by atoms with Gasteiger partial charge in [0.15, 0.2) is 0 Å². The van der Waals surface area contributed by atoms with Crippen LogP contribution in [0.4, 0.5) is 11.8 Å². The Morgan fingerprint density at radius 2 is 2.09 bits per heavy atom. The first-order chi connectivity index (χ1) is 10.7. The Morgan fingerprint density at radius 1 is 1.32 bits per heavy atom. The molecule has 1 saturated heterocycles. The Kier molecular flexibility index (Phi) is 4.44. The molecule has 0 saturated carbocycles. The molecule has 0 unspecified atom stereocenters. The molecule has 0 bridgehead atoms. The first-order valence-corrected chi connectivity index (χ1v) is 7.72. The van der Waals surface area contributed by atoms with Gasteiger partial charge in [-0.25, -0.2) is 4.98 Å². The minimum Gasteiger partial charge on any atom is -0.394 e. The molecular formula is C14H19ClN6O. The predicted molar refractivity (Wildman–Crippen MR) is 85.0 cm³/mol. The second-order valence-electron chi connectivity index (χ2n) is 5.37. The van der Waals surface area contributed by atoms with Crippen molar-refractivity contribution in [1.82, 2.24) is 19.7 Å². The number of aromatic nitrogens is 4. The predicted octanol–water partition coefficient (Wildman–Crippen LogP) is 1.28. The number of aliphatic hydroxyl groups is 1. The topological polar surface area (TPSA) is 93.1 Å². The zero-order valence-corrected chi connectivity index (χ0v) is 12.9. The van der Waals surface area contributed by atoms with E-state index in [1.807, 2.05) is 10.7 Å². The van der Waals surface area contributed by atoms with Gasteiger partial charge >= 0.3 is 0 Å². The van der Waals surface area contributed by atoms with Crippen molar-refractivity contribution in [2.24, 2.45) is 0 Å². The van der Waals surface area contributed by atoms with Crippen LogP contribution in [0, 0.1) is 0 Å². The van der Waals surface area contributed by atoms with E-state index in [1.165, 1.54) is 5.69 Å². The fourth-order valence-electron chi connectivity index (χ4n) is 2.96. The fraction of sp³-hybridized carbons (Fsp3) is 0.500. The van der Waals surface area contributed by atoms with Gasteiger partial charge in [0.25, 0.3) is 0 Å². The molecule has 1 aliphatic rings. The van der Waals surface area contributed by atoms with Crippen LogP contribution in [0.5, 0.6) is 0 Å². The molecule has 0 spiro atoms. The zero-order chi connectivity index (χ0) is 15.5. The Hall–Kier alpha value is -1.86. The number of hydrogen-bond acceptors (Lipinski definition) is 6. The van der Waals surface area contributed by atoms with Crippen molar-refractivity contribution in [1.29, 1.82) is 0 Å². The number of nitrogen functional groups attached to an aromatic ring is 1. The average Bonchev–Trinajstić information content (AvgIpc) is 2.95. The first kappa shape index (κ1) is 15.1. The van der Waals surface area contributed by atoms with Crippen LogP contribution >= 0.6 is 11.6 Å². The van der Waals surface area contributed by atoms with Crippen LogP contribution in [-0.2, 0) is 6.54 Å². The van der Waals surface area contributed by atoms with Gasteiger partial charge in [0.2, 0.25) is 5.95 Å². The highest BCUT2D eigenvalue weighted by atomic mass is 35.5. The lowest BCUT2D eigenvalue weighted by atomic mass is 9.93. The van der Waals surface area contributed by atoms with Crippen molar-refractivity contribution in [2.45, 2.75) is 25.3 Å². The van der Waals surface area contributed by atoms with Crippen molar-refractivity contribution >= 4 is 23.4 Å². The molecule has 3 heterocycles. The zero-order valence-electron chi connectivity index (χ0n) is 12.2. The van der Waals surface area contributed by atoms with Crippen LogP contribution in [0.1, 0.15) is 24.5 Å². The van der Waals surface area contributed by atoms with Crippen molar-refractivity contribution < 1.29 is 5.11 Å². The third-order valence-corrected chi connectivity index (χ3v) is 4.19. The SMILES string of the molecule is Nc1nc(Cl)cc(N2CCC(c3ccnn3CCO)CC2)n1. The van der Waals surface area contributed by atoms with Crippen molar-refractivity contribution in [3.05, 3.63) is 29.2 Å². The molecule has 2 aromatic rings. The highest BCUT2D eigenvalue weighted by Crippen LogP contribution is 2.30. The van der Waals surface area contributed by atoms with Gasteiger partial charge in [-0.3, -0.25) is 4.68 Å². The van der Waals surface area contributed by atoms with E-state index in [0.29, 0.717) is 17.6 Å². The van der Waals surface area contributed by atoms with Crippen LogP contribution in [-0.4, -0.2) is 44.6 Å². The highest BCUT2D eigenvalue weighted by Gasteiger charge is 2.24. The highest BCUT2D eigenvalue weighted by molar-refractivity contribution is 6.29. The van der Waals surface area contributed by atoms with E-state index in [4.69, 9.17) is 22.4 Å². The van der Waals surface area contributed by atoms with E-state index < -0.39 is 0 Å². The van der Waals surface area contributed by atoms with Crippen molar-refractivity contribution in [3.63, 3.8) is 0 Å². The van der Waals surface area contributed by atoms with E-state index in [2.05, 4.69) is 20.0 Å². The molecule has 8 heteroatoms. The summed E-state index contributed by atoms with van der Waals surface area (Å²) in [5, 5.41) is 13.7. The van der Waals surface area contributed by atoms with Crippen LogP contribution < -0.4 is 10.6 Å². The summed E-state index contributed by atoms with van der Waals surface area (Å²) in [6.45, 7) is 2.40. The molecule has 1 aliphatic heterocycles. The number of nitrogens with two attached hydrogens (primary N) is 1. The Balaban J connectivity index is 1.68. The van der Waals surface area contributed by atoms with E-state index in [-0.39, 0.29) is 12.6 Å². The number of halogens is 1. The second kappa shape index (κ2) is 6.50. The molecule has 0 aliphatic carbocycles. The van der Waals surface area contributed by atoms with Gasteiger partial charge in [-0.2, -0.15) is 10.1 Å². The molecule has 118 valence electrons. The Labute approximate surface area is 133 Å². The summed E-state index contributed by atoms with van der Waals surface area (Å²) in [5.41, 5.74) is 6.84. The van der Waals surface area contributed by atoms with Gasteiger partial charge in [-0.1, -0.05) is 11.6 Å². The lowest BCUT2D eigenvalue weighted by Gasteiger charge is -2.33. The fourth-order valence-corrected chi connectivity index (χ4v) is 3.14. The summed E-state index contributed by atoms with van der Waals surface area (Å²) in [6.07, 6.45) is 3.79.